The van der Waals surface area contributed by atoms with E-state index in [0.717, 1.165) is 12.1 Å². The van der Waals surface area contributed by atoms with E-state index in [1.807, 2.05) is 0 Å². The molecule has 2 rings (SSSR count). The van der Waals surface area contributed by atoms with Gasteiger partial charge in [0, 0.05) is 10.9 Å². The lowest BCUT2D eigenvalue weighted by Gasteiger charge is -2.06. The van der Waals surface area contributed by atoms with Gasteiger partial charge >= 0.3 is 6.18 Å². The van der Waals surface area contributed by atoms with Gasteiger partial charge < -0.3 is 0 Å². The average molecular weight is 229 g/mol. The van der Waals surface area contributed by atoms with E-state index < -0.39 is 11.7 Å². The molecule has 0 atom stereocenters. The van der Waals surface area contributed by atoms with Gasteiger partial charge in [0.25, 0.3) is 0 Å². The molecule has 2 aromatic rings. The predicted molar refractivity (Wildman–Crippen MR) is 52.6 cm³/mol. The summed E-state index contributed by atoms with van der Waals surface area (Å²) in [6.45, 7) is 0. The molecule has 15 heavy (non-hydrogen) atoms. The number of rotatable bonds is 1. The molecule has 0 spiro atoms. The molecular formula is C10H6F3NS. The van der Waals surface area contributed by atoms with Crippen LogP contribution in [0.4, 0.5) is 13.2 Å². The SMILES string of the molecule is FC(F)(F)c1ccc(-c2cscn2)cc1. The van der Waals surface area contributed by atoms with Gasteiger partial charge in [-0.2, -0.15) is 13.2 Å². The van der Waals surface area contributed by atoms with Gasteiger partial charge in [0.1, 0.15) is 0 Å². The van der Waals surface area contributed by atoms with Gasteiger partial charge in [0.05, 0.1) is 16.8 Å². The van der Waals surface area contributed by atoms with Gasteiger partial charge in [-0.05, 0) is 12.1 Å². The van der Waals surface area contributed by atoms with Crippen molar-refractivity contribution in [3.05, 3.63) is 40.7 Å². The zero-order valence-electron chi connectivity index (χ0n) is 7.45. The van der Waals surface area contributed by atoms with E-state index in [9.17, 15) is 13.2 Å². The Morgan fingerprint density at radius 2 is 1.73 bits per heavy atom. The largest absolute Gasteiger partial charge is 0.416 e. The van der Waals surface area contributed by atoms with Crippen LogP contribution in [-0.4, -0.2) is 4.98 Å². The summed E-state index contributed by atoms with van der Waals surface area (Å²) >= 11 is 1.41. The fourth-order valence-corrected chi connectivity index (χ4v) is 1.75. The molecule has 78 valence electrons. The molecule has 0 fully saturated rings. The molecule has 1 nitrogen and oxygen atoms in total. The van der Waals surface area contributed by atoms with Crippen LogP contribution in [0, 0.1) is 0 Å². The Kier molecular flexibility index (Phi) is 2.48. The van der Waals surface area contributed by atoms with Crippen molar-refractivity contribution in [2.24, 2.45) is 0 Å². The number of halogens is 3. The summed E-state index contributed by atoms with van der Waals surface area (Å²) in [6, 6.07) is 4.99. The van der Waals surface area contributed by atoms with Gasteiger partial charge in [-0.15, -0.1) is 11.3 Å². The molecule has 0 N–H and O–H groups in total. The number of thiazole rings is 1. The Morgan fingerprint density at radius 1 is 1.07 bits per heavy atom. The highest BCUT2D eigenvalue weighted by Gasteiger charge is 2.29. The van der Waals surface area contributed by atoms with Crippen LogP contribution >= 0.6 is 11.3 Å². The molecule has 0 aliphatic heterocycles. The number of nitrogens with zero attached hydrogens (tertiary/aromatic N) is 1. The smallest absolute Gasteiger partial charge is 0.245 e. The third kappa shape index (κ3) is 2.18. The van der Waals surface area contributed by atoms with Crippen LogP contribution < -0.4 is 0 Å². The van der Waals surface area contributed by atoms with Crippen molar-refractivity contribution in [1.82, 2.24) is 4.98 Å². The summed E-state index contributed by atoms with van der Waals surface area (Å²) in [5.41, 5.74) is 2.41. The van der Waals surface area contributed by atoms with E-state index in [1.54, 1.807) is 10.9 Å². The Morgan fingerprint density at radius 3 is 2.20 bits per heavy atom. The van der Waals surface area contributed by atoms with E-state index >= 15 is 0 Å². The first kappa shape index (κ1) is 10.2. The van der Waals surface area contributed by atoms with E-state index in [0.29, 0.717) is 11.3 Å². The van der Waals surface area contributed by atoms with Gasteiger partial charge in [-0.25, -0.2) is 4.98 Å². The van der Waals surface area contributed by atoms with Crippen LogP contribution in [0.5, 0.6) is 0 Å². The highest BCUT2D eigenvalue weighted by atomic mass is 32.1. The monoisotopic (exact) mass is 229 g/mol. The van der Waals surface area contributed by atoms with Crippen LogP contribution in [0.15, 0.2) is 35.2 Å². The minimum atomic E-state index is -4.28. The van der Waals surface area contributed by atoms with Crippen LogP contribution in [0.3, 0.4) is 0 Å². The molecule has 1 heterocycles. The summed E-state index contributed by atoms with van der Waals surface area (Å²) in [7, 11) is 0. The summed E-state index contributed by atoms with van der Waals surface area (Å²) in [6.07, 6.45) is -4.28. The number of hydrogen-bond acceptors (Lipinski definition) is 2. The lowest BCUT2D eigenvalue weighted by atomic mass is 10.1. The Labute approximate surface area is 88.2 Å². The van der Waals surface area contributed by atoms with Crippen molar-refractivity contribution in [3.8, 4) is 11.3 Å². The Balaban J connectivity index is 2.33. The van der Waals surface area contributed by atoms with E-state index in [-0.39, 0.29) is 0 Å². The molecule has 1 aromatic heterocycles. The van der Waals surface area contributed by atoms with Crippen molar-refractivity contribution in [1.29, 1.82) is 0 Å². The zero-order valence-corrected chi connectivity index (χ0v) is 8.27. The first-order valence-electron chi connectivity index (χ1n) is 4.13. The van der Waals surface area contributed by atoms with Gasteiger partial charge in [-0.1, -0.05) is 12.1 Å². The molecule has 0 aliphatic rings. The maximum atomic E-state index is 12.2. The molecule has 1 aromatic carbocycles. The molecule has 0 saturated carbocycles. The molecule has 0 amide bonds. The number of alkyl halides is 3. The topological polar surface area (TPSA) is 12.9 Å². The van der Waals surface area contributed by atoms with Crippen molar-refractivity contribution in [2.75, 3.05) is 0 Å². The van der Waals surface area contributed by atoms with E-state index in [2.05, 4.69) is 4.98 Å². The minimum absolute atomic E-state index is 0.638. The van der Waals surface area contributed by atoms with Crippen LogP contribution in [-0.2, 0) is 6.18 Å². The number of benzene rings is 1. The molecule has 5 heteroatoms. The van der Waals surface area contributed by atoms with Crippen molar-refractivity contribution < 1.29 is 13.2 Å². The highest BCUT2D eigenvalue weighted by molar-refractivity contribution is 7.07. The van der Waals surface area contributed by atoms with Crippen molar-refractivity contribution in [2.45, 2.75) is 6.18 Å². The molecule has 0 aliphatic carbocycles. The second-order valence-corrected chi connectivity index (χ2v) is 3.67. The lowest BCUT2D eigenvalue weighted by molar-refractivity contribution is -0.137. The van der Waals surface area contributed by atoms with Gasteiger partial charge in [0.2, 0.25) is 0 Å². The Bertz CT molecular complexity index is 431. The second-order valence-electron chi connectivity index (χ2n) is 2.95. The maximum absolute atomic E-state index is 12.2. The quantitative estimate of drug-likeness (QED) is 0.724. The third-order valence-corrected chi connectivity index (χ3v) is 2.53. The fraction of sp³-hybridized carbons (Fsp3) is 0.100. The molecule has 0 radical (unpaired) electrons. The summed E-state index contributed by atoms with van der Waals surface area (Å²) in [5.74, 6) is 0. The zero-order chi connectivity index (χ0) is 10.9. The van der Waals surface area contributed by atoms with Gasteiger partial charge in [-0.3, -0.25) is 0 Å². The van der Waals surface area contributed by atoms with E-state index in [4.69, 9.17) is 0 Å². The summed E-state index contributed by atoms with van der Waals surface area (Å²) in [5, 5.41) is 1.79. The lowest BCUT2D eigenvalue weighted by Crippen LogP contribution is -2.03. The predicted octanol–water partition coefficient (Wildman–Crippen LogP) is 3.83. The molecule has 0 bridgehead atoms. The standard InChI is InChI=1S/C10H6F3NS/c11-10(12,13)8-3-1-7(2-4-8)9-5-15-6-14-9/h1-6H. The molecular weight excluding hydrogens is 223 g/mol. The average Bonchev–Trinajstić information content (AvgIpc) is 2.69. The number of aromatic nitrogens is 1. The number of hydrogen-bond donors (Lipinski definition) is 0. The summed E-state index contributed by atoms with van der Waals surface area (Å²) < 4.78 is 36.7. The fourth-order valence-electron chi connectivity index (χ4n) is 1.19. The minimum Gasteiger partial charge on any atom is -0.245 e. The van der Waals surface area contributed by atoms with E-state index in [1.165, 1.54) is 23.5 Å². The molecule has 0 saturated heterocycles. The van der Waals surface area contributed by atoms with Crippen LogP contribution in [0.2, 0.25) is 0 Å². The molecule has 0 unspecified atom stereocenters. The summed E-state index contributed by atoms with van der Waals surface area (Å²) in [4.78, 5) is 4.02. The maximum Gasteiger partial charge on any atom is 0.416 e. The Hall–Kier alpha value is -1.36. The van der Waals surface area contributed by atoms with Crippen LogP contribution in [0.1, 0.15) is 5.56 Å². The van der Waals surface area contributed by atoms with Gasteiger partial charge in [0.15, 0.2) is 0 Å². The normalized spacial score (nSPS) is 11.7. The van der Waals surface area contributed by atoms with Crippen molar-refractivity contribution >= 4 is 11.3 Å². The highest BCUT2D eigenvalue weighted by Crippen LogP contribution is 2.30. The third-order valence-electron chi connectivity index (χ3n) is 1.94. The van der Waals surface area contributed by atoms with Crippen molar-refractivity contribution in [3.63, 3.8) is 0 Å². The second kappa shape index (κ2) is 3.66. The first-order valence-corrected chi connectivity index (χ1v) is 5.07. The first-order chi connectivity index (χ1) is 7.07. The van der Waals surface area contributed by atoms with Crippen LogP contribution in [0.25, 0.3) is 11.3 Å².